The summed E-state index contributed by atoms with van der Waals surface area (Å²) in [6.07, 6.45) is 0.596. The molecule has 0 aromatic carbocycles. The van der Waals surface area contributed by atoms with E-state index in [1.807, 2.05) is 11.8 Å². The Morgan fingerprint density at radius 2 is 2.06 bits per heavy atom. The van der Waals surface area contributed by atoms with Crippen LogP contribution < -0.4 is 0 Å². The molecule has 0 aliphatic heterocycles. The average molecular weight is 231 g/mol. The molecule has 0 heterocycles. The number of carbonyl (C=O) groups is 1. The van der Waals surface area contributed by atoms with Crippen LogP contribution in [0.1, 0.15) is 34.1 Å². The second kappa shape index (κ2) is 6.86. The van der Waals surface area contributed by atoms with Crippen molar-refractivity contribution < 1.29 is 14.6 Å². The lowest BCUT2D eigenvalue weighted by Gasteiger charge is -2.38. The Hall–Kier alpha value is -0.610. The first-order valence-electron chi connectivity index (χ1n) is 5.85. The molecule has 0 saturated heterocycles. The van der Waals surface area contributed by atoms with Crippen LogP contribution in [-0.4, -0.2) is 48.3 Å². The van der Waals surface area contributed by atoms with E-state index in [0.717, 1.165) is 6.54 Å². The number of nitrogens with zero attached hydrogens (tertiary/aromatic N) is 1. The smallest absolute Gasteiger partial charge is 0.323 e. The molecule has 0 spiro atoms. The molecule has 0 bridgehead atoms. The topological polar surface area (TPSA) is 49.8 Å². The standard InChI is InChI=1S/C12H25NO3/c1-6-12(4,11(14)15)13(7-8-16-5)9-10(2)3/h10H,6-9H2,1-5H3,(H,14,15). The lowest BCUT2D eigenvalue weighted by atomic mass is 9.95. The Kier molecular flexibility index (Phi) is 6.60. The normalized spacial score (nSPS) is 15.4. The Morgan fingerprint density at radius 3 is 2.38 bits per heavy atom. The fourth-order valence-corrected chi connectivity index (χ4v) is 1.69. The molecule has 16 heavy (non-hydrogen) atoms. The number of methoxy groups -OCH3 is 1. The van der Waals surface area contributed by atoms with Gasteiger partial charge in [0.2, 0.25) is 0 Å². The largest absolute Gasteiger partial charge is 0.480 e. The Labute approximate surface area is 98.6 Å². The molecule has 0 aliphatic rings. The maximum atomic E-state index is 11.4. The summed E-state index contributed by atoms with van der Waals surface area (Å²) in [4.78, 5) is 13.4. The molecule has 1 atom stereocenters. The molecule has 0 amide bonds. The lowest BCUT2D eigenvalue weighted by molar-refractivity contribution is -0.151. The van der Waals surface area contributed by atoms with Crippen LogP contribution in [0.25, 0.3) is 0 Å². The minimum Gasteiger partial charge on any atom is -0.480 e. The number of hydrogen-bond donors (Lipinski definition) is 1. The number of hydrogen-bond acceptors (Lipinski definition) is 3. The van der Waals surface area contributed by atoms with E-state index in [9.17, 15) is 9.90 Å². The van der Waals surface area contributed by atoms with E-state index in [0.29, 0.717) is 25.5 Å². The molecule has 0 aliphatic carbocycles. The van der Waals surface area contributed by atoms with E-state index < -0.39 is 11.5 Å². The van der Waals surface area contributed by atoms with Crippen molar-refractivity contribution >= 4 is 5.97 Å². The first kappa shape index (κ1) is 15.4. The first-order valence-corrected chi connectivity index (χ1v) is 5.85. The third-order valence-electron chi connectivity index (χ3n) is 3.00. The van der Waals surface area contributed by atoms with Gasteiger partial charge in [-0.2, -0.15) is 0 Å². The first-order chi connectivity index (χ1) is 7.38. The Bertz CT molecular complexity index is 218. The molecule has 0 rings (SSSR count). The minimum atomic E-state index is -0.789. The van der Waals surface area contributed by atoms with Crippen molar-refractivity contribution in [2.45, 2.75) is 39.7 Å². The summed E-state index contributed by atoms with van der Waals surface area (Å²) in [6, 6.07) is 0. The van der Waals surface area contributed by atoms with Crippen molar-refractivity contribution in [3.8, 4) is 0 Å². The summed E-state index contributed by atoms with van der Waals surface area (Å²) in [5, 5.41) is 9.33. The van der Waals surface area contributed by atoms with Crippen molar-refractivity contribution in [3.05, 3.63) is 0 Å². The highest BCUT2D eigenvalue weighted by Crippen LogP contribution is 2.21. The van der Waals surface area contributed by atoms with E-state index >= 15 is 0 Å². The van der Waals surface area contributed by atoms with Crippen molar-refractivity contribution in [1.29, 1.82) is 0 Å². The van der Waals surface area contributed by atoms with Gasteiger partial charge in [0, 0.05) is 20.2 Å². The van der Waals surface area contributed by atoms with Crippen LogP contribution in [0.15, 0.2) is 0 Å². The van der Waals surface area contributed by atoms with Crippen molar-refractivity contribution in [2.24, 2.45) is 5.92 Å². The molecule has 4 nitrogen and oxygen atoms in total. The van der Waals surface area contributed by atoms with Crippen LogP contribution in [0.5, 0.6) is 0 Å². The molecule has 4 heteroatoms. The maximum Gasteiger partial charge on any atom is 0.323 e. The average Bonchev–Trinajstić information content (AvgIpc) is 2.22. The maximum absolute atomic E-state index is 11.4. The van der Waals surface area contributed by atoms with Gasteiger partial charge in [0.1, 0.15) is 5.54 Å². The molecular formula is C12H25NO3. The molecular weight excluding hydrogens is 206 g/mol. The zero-order valence-corrected chi connectivity index (χ0v) is 11.1. The van der Waals surface area contributed by atoms with Crippen molar-refractivity contribution in [3.63, 3.8) is 0 Å². The molecule has 0 saturated carbocycles. The summed E-state index contributed by atoms with van der Waals surface area (Å²) in [7, 11) is 1.64. The number of aliphatic carboxylic acids is 1. The SMILES string of the molecule is CCC(C)(C(=O)O)N(CCOC)CC(C)C. The second-order valence-corrected chi connectivity index (χ2v) is 4.77. The quantitative estimate of drug-likeness (QED) is 0.692. The van der Waals surface area contributed by atoms with Gasteiger partial charge in [0.25, 0.3) is 0 Å². The zero-order valence-electron chi connectivity index (χ0n) is 11.1. The predicted molar refractivity (Wildman–Crippen MR) is 64.6 cm³/mol. The highest BCUT2D eigenvalue weighted by atomic mass is 16.5. The van der Waals surface area contributed by atoms with Crippen LogP contribution in [0.3, 0.4) is 0 Å². The van der Waals surface area contributed by atoms with Gasteiger partial charge in [-0.15, -0.1) is 0 Å². The van der Waals surface area contributed by atoms with Crippen molar-refractivity contribution in [1.82, 2.24) is 4.90 Å². The number of ether oxygens (including phenoxy) is 1. The van der Waals surface area contributed by atoms with E-state index in [1.54, 1.807) is 14.0 Å². The monoisotopic (exact) mass is 231 g/mol. The second-order valence-electron chi connectivity index (χ2n) is 4.77. The van der Waals surface area contributed by atoms with E-state index in [2.05, 4.69) is 13.8 Å². The number of rotatable bonds is 8. The van der Waals surface area contributed by atoms with E-state index in [4.69, 9.17) is 4.74 Å². The zero-order chi connectivity index (χ0) is 12.8. The summed E-state index contributed by atoms with van der Waals surface area (Å²) in [5.74, 6) is -0.311. The fraction of sp³-hybridized carbons (Fsp3) is 0.917. The summed E-state index contributed by atoms with van der Waals surface area (Å²) < 4.78 is 5.04. The van der Waals surface area contributed by atoms with Gasteiger partial charge in [-0.3, -0.25) is 9.69 Å². The van der Waals surface area contributed by atoms with Gasteiger partial charge in [-0.25, -0.2) is 0 Å². The third-order valence-corrected chi connectivity index (χ3v) is 3.00. The van der Waals surface area contributed by atoms with Gasteiger partial charge in [0.05, 0.1) is 6.61 Å². The molecule has 0 fully saturated rings. The Balaban J connectivity index is 4.74. The van der Waals surface area contributed by atoms with Gasteiger partial charge in [-0.1, -0.05) is 20.8 Å². The molecule has 0 aromatic rings. The van der Waals surface area contributed by atoms with Crippen LogP contribution in [0.2, 0.25) is 0 Å². The van der Waals surface area contributed by atoms with Gasteiger partial charge >= 0.3 is 5.97 Å². The number of carboxylic acid groups (broad SMARTS) is 1. The van der Waals surface area contributed by atoms with Crippen LogP contribution in [0, 0.1) is 5.92 Å². The molecule has 1 N–H and O–H groups in total. The molecule has 0 aromatic heterocycles. The van der Waals surface area contributed by atoms with Crippen LogP contribution in [0.4, 0.5) is 0 Å². The van der Waals surface area contributed by atoms with E-state index in [1.165, 1.54) is 0 Å². The van der Waals surface area contributed by atoms with Crippen LogP contribution in [-0.2, 0) is 9.53 Å². The van der Waals surface area contributed by atoms with Gasteiger partial charge < -0.3 is 9.84 Å². The predicted octanol–water partition coefficient (Wildman–Crippen LogP) is 1.84. The summed E-state index contributed by atoms with van der Waals surface area (Å²) >= 11 is 0. The van der Waals surface area contributed by atoms with Gasteiger partial charge in [0.15, 0.2) is 0 Å². The van der Waals surface area contributed by atoms with E-state index in [-0.39, 0.29) is 0 Å². The third kappa shape index (κ3) is 4.10. The minimum absolute atomic E-state index is 0.446. The highest BCUT2D eigenvalue weighted by molar-refractivity contribution is 5.78. The van der Waals surface area contributed by atoms with Gasteiger partial charge in [-0.05, 0) is 19.3 Å². The lowest BCUT2D eigenvalue weighted by Crippen LogP contribution is -2.54. The summed E-state index contributed by atoms with van der Waals surface area (Å²) in [6.45, 7) is 9.89. The Morgan fingerprint density at radius 1 is 1.50 bits per heavy atom. The van der Waals surface area contributed by atoms with Crippen molar-refractivity contribution in [2.75, 3.05) is 26.8 Å². The molecule has 96 valence electrons. The highest BCUT2D eigenvalue weighted by Gasteiger charge is 2.37. The van der Waals surface area contributed by atoms with Crippen LogP contribution >= 0.6 is 0 Å². The summed E-state index contributed by atoms with van der Waals surface area (Å²) in [5.41, 5.74) is -0.789. The molecule has 0 radical (unpaired) electrons. The fourth-order valence-electron chi connectivity index (χ4n) is 1.69. The number of carboxylic acids is 1. The molecule has 1 unspecified atom stereocenters.